The first-order chi connectivity index (χ1) is 8.27. The van der Waals surface area contributed by atoms with Crippen molar-refractivity contribution in [2.24, 2.45) is 0 Å². The van der Waals surface area contributed by atoms with Crippen LogP contribution in [0.3, 0.4) is 0 Å². The Morgan fingerprint density at radius 1 is 1.24 bits per heavy atom. The molecule has 0 radical (unpaired) electrons. The Labute approximate surface area is 103 Å². The molecule has 3 heteroatoms. The lowest BCUT2D eigenvalue weighted by atomic mass is 10.2. The molecule has 0 heterocycles. The maximum Gasteiger partial charge on any atom is 0.338 e. The first-order valence-electron chi connectivity index (χ1n) is 6.18. The Kier molecular flexibility index (Phi) is 6.15. The molecule has 17 heavy (non-hydrogen) atoms. The van der Waals surface area contributed by atoms with Crippen LogP contribution in [0, 0.1) is 0 Å². The Morgan fingerprint density at radius 3 is 2.76 bits per heavy atom. The zero-order valence-corrected chi connectivity index (χ0v) is 10.6. The van der Waals surface area contributed by atoms with Gasteiger partial charge < -0.3 is 9.47 Å². The molecule has 0 aromatic heterocycles. The van der Waals surface area contributed by atoms with Gasteiger partial charge in [-0.1, -0.05) is 25.8 Å². The fourth-order valence-corrected chi connectivity index (χ4v) is 1.47. The third-order valence-corrected chi connectivity index (χ3v) is 2.36. The summed E-state index contributed by atoms with van der Waals surface area (Å²) in [5.41, 5.74) is 0.542. The fraction of sp³-hybridized carbons (Fsp3) is 0.500. The summed E-state index contributed by atoms with van der Waals surface area (Å²) in [5.74, 6) is 0.429. The highest BCUT2D eigenvalue weighted by molar-refractivity contribution is 5.89. The summed E-state index contributed by atoms with van der Waals surface area (Å²) in [7, 11) is 0. The minimum absolute atomic E-state index is 0.300. The highest BCUT2D eigenvalue weighted by Crippen LogP contribution is 2.14. The van der Waals surface area contributed by atoms with Crippen molar-refractivity contribution in [3.8, 4) is 5.75 Å². The summed E-state index contributed by atoms with van der Waals surface area (Å²) in [5, 5.41) is 0. The molecule has 0 atom stereocenters. The molecule has 94 valence electrons. The molecule has 0 saturated carbocycles. The molecule has 0 aliphatic carbocycles. The van der Waals surface area contributed by atoms with E-state index in [2.05, 4.69) is 6.92 Å². The number of ether oxygens (including phenoxy) is 2. The van der Waals surface area contributed by atoms with Gasteiger partial charge in [-0.2, -0.15) is 0 Å². The van der Waals surface area contributed by atoms with Crippen LogP contribution in [0.1, 0.15) is 43.5 Å². The molecule has 0 bridgehead atoms. The summed E-state index contributed by atoms with van der Waals surface area (Å²) < 4.78 is 10.5. The van der Waals surface area contributed by atoms with Gasteiger partial charge in [0.05, 0.1) is 18.8 Å². The van der Waals surface area contributed by atoms with Crippen LogP contribution in [0.4, 0.5) is 0 Å². The van der Waals surface area contributed by atoms with E-state index in [4.69, 9.17) is 9.47 Å². The molecule has 0 aliphatic rings. The molecule has 1 aromatic rings. The third kappa shape index (κ3) is 4.89. The smallest absolute Gasteiger partial charge is 0.338 e. The van der Waals surface area contributed by atoms with Crippen LogP contribution in [0.5, 0.6) is 5.75 Å². The third-order valence-electron chi connectivity index (χ3n) is 2.36. The normalized spacial score (nSPS) is 10.0. The predicted octanol–water partition coefficient (Wildman–Crippen LogP) is 3.43. The Morgan fingerprint density at radius 2 is 2.06 bits per heavy atom. The fourth-order valence-electron chi connectivity index (χ4n) is 1.47. The molecule has 0 amide bonds. The minimum atomic E-state index is -0.300. The van der Waals surface area contributed by atoms with Crippen LogP contribution in [-0.2, 0) is 4.74 Å². The Balaban J connectivity index is 2.50. The number of benzene rings is 1. The molecule has 0 fully saturated rings. The topological polar surface area (TPSA) is 35.5 Å². The van der Waals surface area contributed by atoms with E-state index in [1.165, 1.54) is 6.42 Å². The van der Waals surface area contributed by atoms with Gasteiger partial charge >= 0.3 is 5.97 Å². The molecule has 0 unspecified atom stereocenters. The zero-order chi connectivity index (χ0) is 12.5. The molecule has 0 spiro atoms. The molecule has 0 N–H and O–H groups in total. The van der Waals surface area contributed by atoms with Crippen molar-refractivity contribution in [1.29, 1.82) is 0 Å². The van der Waals surface area contributed by atoms with Crippen LogP contribution in [-0.4, -0.2) is 19.2 Å². The van der Waals surface area contributed by atoms with Gasteiger partial charge in [-0.05, 0) is 31.5 Å². The van der Waals surface area contributed by atoms with Gasteiger partial charge in [0.15, 0.2) is 0 Å². The first kappa shape index (κ1) is 13.6. The molecule has 1 rings (SSSR count). The van der Waals surface area contributed by atoms with Crippen molar-refractivity contribution in [1.82, 2.24) is 0 Å². The van der Waals surface area contributed by atoms with E-state index in [1.54, 1.807) is 25.1 Å². The average Bonchev–Trinajstić information content (AvgIpc) is 2.35. The number of hydrogen-bond donors (Lipinski definition) is 0. The number of hydrogen-bond acceptors (Lipinski definition) is 3. The number of unbranched alkanes of at least 4 members (excludes halogenated alkanes) is 2. The van der Waals surface area contributed by atoms with Crippen LogP contribution >= 0.6 is 0 Å². The zero-order valence-electron chi connectivity index (χ0n) is 10.6. The largest absolute Gasteiger partial charge is 0.494 e. The van der Waals surface area contributed by atoms with E-state index < -0.39 is 0 Å². The lowest BCUT2D eigenvalue weighted by molar-refractivity contribution is 0.0526. The minimum Gasteiger partial charge on any atom is -0.494 e. The monoisotopic (exact) mass is 236 g/mol. The highest BCUT2D eigenvalue weighted by Gasteiger charge is 2.06. The van der Waals surface area contributed by atoms with Crippen molar-refractivity contribution in [3.05, 3.63) is 29.8 Å². The van der Waals surface area contributed by atoms with E-state index in [9.17, 15) is 4.79 Å². The van der Waals surface area contributed by atoms with Crippen molar-refractivity contribution in [2.45, 2.75) is 33.1 Å². The number of esters is 1. The highest BCUT2D eigenvalue weighted by atomic mass is 16.5. The molecular weight excluding hydrogens is 216 g/mol. The van der Waals surface area contributed by atoms with Crippen LogP contribution in [0.25, 0.3) is 0 Å². The molecular formula is C14H20O3. The van der Waals surface area contributed by atoms with Crippen molar-refractivity contribution >= 4 is 5.97 Å². The Bertz CT molecular complexity index is 347. The number of rotatable bonds is 7. The van der Waals surface area contributed by atoms with E-state index >= 15 is 0 Å². The van der Waals surface area contributed by atoms with Gasteiger partial charge in [0.25, 0.3) is 0 Å². The van der Waals surface area contributed by atoms with E-state index in [0.717, 1.165) is 18.6 Å². The average molecular weight is 236 g/mol. The van der Waals surface area contributed by atoms with Gasteiger partial charge in [-0.3, -0.25) is 0 Å². The van der Waals surface area contributed by atoms with Crippen molar-refractivity contribution < 1.29 is 14.3 Å². The Hall–Kier alpha value is -1.51. The second kappa shape index (κ2) is 7.71. The summed E-state index contributed by atoms with van der Waals surface area (Å²) in [6.07, 6.45) is 3.38. The first-order valence-corrected chi connectivity index (χ1v) is 6.18. The quantitative estimate of drug-likeness (QED) is 0.537. The maximum absolute atomic E-state index is 11.5. The lowest BCUT2D eigenvalue weighted by Crippen LogP contribution is -2.05. The summed E-state index contributed by atoms with van der Waals surface area (Å²) in [6, 6.07) is 7.12. The van der Waals surface area contributed by atoms with Gasteiger partial charge in [0, 0.05) is 0 Å². The summed E-state index contributed by atoms with van der Waals surface area (Å²) >= 11 is 0. The molecule has 1 aromatic carbocycles. The maximum atomic E-state index is 11.5. The number of carbonyl (C=O) groups excluding carboxylic acids is 1. The van der Waals surface area contributed by atoms with E-state index in [1.807, 2.05) is 6.07 Å². The van der Waals surface area contributed by atoms with Gasteiger partial charge in [0.1, 0.15) is 5.75 Å². The summed E-state index contributed by atoms with van der Waals surface area (Å²) in [4.78, 5) is 11.5. The SMILES string of the molecule is CCCCCOc1cccc(C(=O)OCC)c1. The lowest BCUT2D eigenvalue weighted by Gasteiger charge is -2.07. The van der Waals surface area contributed by atoms with Gasteiger partial charge in [-0.15, -0.1) is 0 Å². The van der Waals surface area contributed by atoms with Crippen LogP contribution < -0.4 is 4.74 Å². The van der Waals surface area contributed by atoms with Gasteiger partial charge in [-0.25, -0.2) is 4.79 Å². The molecule has 3 nitrogen and oxygen atoms in total. The van der Waals surface area contributed by atoms with Crippen LogP contribution in [0.15, 0.2) is 24.3 Å². The second-order valence-electron chi connectivity index (χ2n) is 3.80. The standard InChI is InChI=1S/C14H20O3/c1-3-5-6-10-17-13-9-7-8-12(11-13)14(15)16-4-2/h7-9,11H,3-6,10H2,1-2H3. The molecule has 0 saturated heterocycles. The molecule has 0 aliphatic heterocycles. The predicted molar refractivity (Wildman–Crippen MR) is 67.4 cm³/mol. The van der Waals surface area contributed by atoms with Gasteiger partial charge in [0.2, 0.25) is 0 Å². The summed E-state index contributed by atoms with van der Waals surface area (Å²) in [6.45, 7) is 5.03. The second-order valence-corrected chi connectivity index (χ2v) is 3.80. The van der Waals surface area contributed by atoms with E-state index in [0.29, 0.717) is 18.8 Å². The van der Waals surface area contributed by atoms with Crippen molar-refractivity contribution in [2.75, 3.05) is 13.2 Å². The number of carbonyl (C=O) groups is 1. The van der Waals surface area contributed by atoms with Crippen LogP contribution in [0.2, 0.25) is 0 Å². The van der Waals surface area contributed by atoms with Crippen molar-refractivity contribution in [3.63, 3.8) is 0 Å². The van der Waals surface area contributed by atoms with E-state index in [-0.39, 0.29) is 5.97 Å².